The molecule has 2 atom stereocenters. The summed E-state index contributed by atoms with van der Waals surface area (Å²) in [6.45, 7) is 1.44. The molecule has 1 fully saturated rings. The van der Waals surface area contributed by atoms with Gasteiger partial charge >= 0.3 is 5.97 Å². The summed E-state index contributed by atoms with van der Waals surface area (Å²) in [5.74, 6) is -1.16. The molecule has 9 heteroatoms. The molecule has 2 rings (SSSR count). The number of benzene rings is 1. The summed E-state index contributed by atoms with van der Waals surface area (Å²) >= 11 is 11.6. The van der Waals surface area contributed by atoms with E-state index in [2.05, 4.69) is 0 Å². The second kappa shape index (κ2) is 7.29. The molecule has 24 heavy (non-hydrogen) atoms. The quantitative estimate of drug-likeness (QED) is 0.732. The van der Waals surface area contributed by atoms with Gasteiger partial charge in [0.15, 0.2) is 15.9 Å². The van der Waals surface area contributed by atoms with Gasteiger partial charge in [0.05, 0.1) is 27.1 Å². The van der Waals surface area contributed by atoms with Gasteiger partial charge in [0.25, 0.3) is 5.91 Å². The molecule has 1 aliphatic rings. The minimum Gasteiger partial charge on any atom is -0.449 e. The van der Waals surface area contributed by atoms with E-state index < -0.39 is 33.9 Å². The molecule has 132 valence electrons. The smallest absolute Gasteiger partial charge is 0.338 e. The number of nitrogens with zero attached hydrogens (tertiary/aromatic N) is 1. The van der Waals surface area contributed by atoms with Crippen molar-refractivity contribution in [2.75, 3.05) is 18.6 Å². The zero-order valence-electron chi connectivity index (χ0n) is 13.2. The summed E-state index contributed by atoms with van der Waals surface area (Å²) in [5.41, 5.74) is 0.176. The maximum absolute atomic E-state index is 12.3. The number of hydrogen-bond acceptors (Lipinski definition) is 5. The monoisotopic (exact) mass is 393 g/mol. The third kappa shape index (κ3) is 4.40. The van der Waals surface area contributed by atoms with Crippen molar-refractivity contribution in [1.82, 2.24) is 4.90 Å². The van der Waals surface area contributed by atoms with E-state index in [1.807, 2.05) is 0 Å². The van der Waals surface area contributed by atoms with Gasteiger partial charge in [0.2, 0.25) is 0 Å². The van der Waals surface area contributed by atoms with E-state index in [4.69, 9.17) is 27.9 Å². The van der Waals surface area contributed by atoms with Crippen LogP contribution in [0.2, 0.25) is 10.0 Å². The van der Waals surface area contributed by atoms with Crippen molar-refractivity contribution < 1.29 is 22.7 Å². The number of halogens is 2. The first kappa shape index (κ1) is 19.0. The van der Waals surface area contributed by atoms with Gasteiger partial charge in [0, 0.05) is 13.1 Å². The van der Waals surface area contributed by atoms with Gasteiger partial charge in [-0.2, -0.15) is 0 Å². The number of hydrogen-bond donors (Lipinski definition) is 0. The number of amides is 1. The molecule has 0 saturated carbocycles. The molecule has 2 unspecified atom stereocenters. The number of rotatable bonds is 4. The van der Waals surface area contributed by atoms with E-state index in [9.17, 15) is 18.0 Å². The minimum atomic E-state index is -3.10. The van der Waals surface area contributed by atoms with Crippen LogP contribution in [-0.4, -0.2) is 55.9 Å². The normalized spacial score (nSPS) is 20.4. The number of carbonyl (C=O) groups is 2. The molecular weight excluding hydrogens is 377 g/mol. The summed E-state index contributed by atoms with van der Waals surface area (Å²) in [7, 11) is -1.59. The van der Waals surface area contributed by atoms with Crippen LogP contribution in [0.5, 0.6) is 0 Å². The van der Waals surface area contributed by atoms with E-state index >= 15 is 0 Å². The highest BCUT2D eigenvalue weighted by molar-refractivity contribution is 7.91. The maximum Gasteiger partial charge on any atom is 0.338 e. The zero-order chi connectivity index (χ0) is 18.1. The fourth-order valence-corrected chi connectivity index (χ4v) is 4.52. The summed E-state index contributed by atoms with van der Waals surface area (Å²) in [4.78, 5) is 25.7. The Balaban J connectivity index is 2.00. The highest BCUT2D eigenvalue weighted by atomic mass is 35.5. The van der Waals surface area contributed by atoms with Gasteiger partial charge < -0.3 is 9.64 Å². The lowest BCUT2D eigenvalue weighted by molar-refractivity contribution is -0.140. The number of ether oxygens (including phenoxy) is 1. The van der Waals surface area contributed by atoms with Crippen LogP contribution in [0.15, 0.2) is 18.2 Å². The molecule has 0 radical (unpaired) electrons. The van der Waals surface area contributed by atoms with Crippen molar-refractivity contribution in [2.24, 2.45) is 0 Å². The van der Waals surface area contributed by atoms with Crippen LogP contribution < -0.4 is 0 Å². The Hall–Kier alpha value is -1.31. The van der Waals surface area contributed by atoms with Gasteiger partial charge in [-0.1, -0.05) is 23.2 Å². The molecule has 6 nitrogen and oxygen atoms in total. The average molecular weight is 394 g/mol. The van der Waals surface area contributed by atoms with Gasteiger partial charge in [-0.25, -0.2) is 13.2 Å². The van der Waals surface area contributed by atoms with Gasteiger partial charge in [0.1, 0.15) is 0 Å². The second-order valence-electron chi connectivity index (χ2n) is 5.68. The fraction of sp³-hybridized carbons (Fsp3) is 0.467. The van der Waals surface area contributed by atoms with Crippen LogP contribution in [-0.2, 0) is 19.4 Å². The number of carbonyl (C=O) groups excluding carboxylic acids is 2. The van der Waals surface area contributed by atoms with Crippen LogP contribution in [0.4, 0.5) is 0 Å². The first-order valence-corrected chi connectivity index (χ1v) is 9.81. The minimum absolute atomic E-state index is 0.0622. The summed E-state index contributed by atoms with van der Waals surface area (Å²) in [6, 6.07) is 3.87. The third-order valence-corrected chi connectivity index (χ3v) is 6.38. The molecule has 1 saturated heterocycles. The second-order valence-corrected chi connectivity index (χ2v) is 8.73. The molecule has 1 aromatic rings. The van der Waals surface area contributed by atoms with Crippen LogP contribution in [0, 0.1) is 0 Å². The number of esters is 1. The Kier molecular flexibility index (Phi) is 5.78. The van der Waals surface area contributed by atoms with Crippen LogP contribution in [0.3, 0.4) is 0 Å². The lowest BCUT2D eigenvalue weighted by Gasteiger charge is -2.26. The average Bonchev–Trinajstić information content (AvgIpc) is 2.88. The molecule has 0 aliphatic carbocycles. The first-order valence-electron chi connectivity index (χ1n) is 7.24. The van der Waals surface area contributed by atoms with E-state index in [0.29, 0.717) is 11.4 Å². The predicted octanol–water partition coefficient (Wildman–Crippen LogP) is 2.18. The lowest BCUT2D eigenvalue weighted by Crippen LogP contribution is -2.44. The van der Waals surface area contributed by atoms with Crippen molar-refractivity contribution >= 4 is 44.9 Å². The van der Waals surface area contributed by atoms with E-state index in [1.54, 1.807) is 0 Å². The topological polar surface area (TPSA) is 80.8 Å². The Morgan fingerprint density at radius 3 is 2.50 bits per heavy atom. The maximum atomic E-state index is 12.3. The van der Waals surface area contributed by atoms with Gasteiger partial charge in [-0.05, 0) is 31.5 Å². The summed E-state index contributed by atoms with van der Waals surface area (Å²) < 4.78 is 28.2. The highest BCUT2D eigenvalue weighted by Gasteiger charge is 2.35. The predicted molar refractivity (Wildman–Crippen MR) is 91.2 cm³/mol. The van der Waals surface area contributed by atoms with Crippen LogP contribution in [0.25, 0.3) is 0 Å². The van der Waals surface area contributed by atoms with E-state index in [0.717, 1.165) is 0 Å². The van der Waals surface area contributed by atoms with Crippen molar-refractivity contribution in [2.45, 2.75) is 25.5 Å². The van der Waals surface area contributed by atoms with Crippen molar-refractivity contribution in [3.8, 4) is 0 Å². The highest BCUT2D eigenvalue weighted by Crippen LogP contribution is 2.23. The molecule has 1 amide bonds. The Bertz CT molecular complexity index is 765. The van der Waals surface area contributed by atoms with Crippen LogP contribution >= 0.6 is 23.2 Å². The number of likely N-dealkylation sites (N-methyl/N-ethyl adjacent to an activating group) is 1. The SMILES string of the molecule is CC(OC(=O)c1ccc(Cl)c(Cl)c1)C(=O)N(C)C1CCS(=O)(=O)C1. The van der Waals surface area contributed by atoms with Crippen molar-refractivity contribution in [1.29, 1.82) is 0 Å². The Labute approximate surface area is 150 Å². The van der Waals surface area contributed by atoms with Crippen molar-refractivity contribution in [3.05, 3.63) is 33.8 Å². The first-order chi connectivity index (χ1) is 11.1. The summed E-state index contributed by atoms with van der Waals surface area (Å²) in [6.07, 6.45) is -0.654. The molecule has 1 aromatic carbocycles. The Morgan fingerprint density at radius 1 is 1.29 bits per heavy atom. The van der Waals surface area contributed by atoms with Gasteiger partial charge in [-0.3, -0.25) is 4.79 Å². The molecule has 0 bridgehead atoms. The van der Waals surface area contributed by atoms with Crippen molar-refractivity contribution in [3.63, 3.8) is 0 Å². The number of sulfone groups is 1. The third-order valence-electron chi connectivity index (χ3n) is 3.89. The van der Waals surface area contributed by atoms with Gasteiger partial charge in [-0.15, -0.1) is 0 Å². The molecule has 0 N–H and O–H groups in total. The fourth-order valence-electron chi connectivity index (χ4n) is 2.45. The standard InChI is InChI=1S/C15H17Cl2NO5S/c1-9(14(19)18(2)11-5-6-24(21,22)8-11)23-15(20)10-3-4-12(16)13(17)7-10/h3-4,7,9,11H,5-6,8H2,1-2H3. The lowest BCUT2D eigenvalue weighted by atomic mass is 10.2. The molecule has 1 aliphatic heterocycles. The molecular formula is C15H17Cl2NO5S. The summed E-state index contributed by atoms with van der Waals surface area (Å²) in [5, 5.41) is 0.512. The van der Waals surface area contributed by atoms with E-state index in [1.165, 1.54) is 37.1 Å². The molecule has 1 heterocycles. The molecule has 0 aromatic heterocycles. The Morgan fingerprint density at radius 2 is 1.96 bits per heavy atom. The zero-order valence-corrected chi connectivity index (χ0v) is 15.5. The van der Waals surface area contributed by atoms with Crippen LogP contribution in [0.1, 0.15) is 23.7 Å². The molecule has 0 spiro atoms. The largest absolute Gasteiger partial charge is 0.449 e. The van der Waals surface area contributed by atoms with E-state index in [-0.39, 0.29) is 22.1 Å².